The molecule has 2 heterocycles. The third-order valence-corrected chi connectivity index (χ3v) is 5.58. The van der Waals surface area contributed by atoms with Gasteiger partial charge in [0.25, 0.3) is 5.91 Å². The first-order valence-corrected chi connectivity index (χ1v) is 11.8. The zero-order valence-corrected chi connectivity index (χ0v) is 21.1. The van der Waals surface area contributed by atoms with Crippen LogP contribution in [-0.4, -0.2) is 38.7 Å². The maximum atomic E-state index is 13.5. The van der Waals surface area contributed by atoms with Crippen LogP contribution in [0.4, 0.5) is 5.82 Å². The zero-order chi connectivity index (χ0) is 24.9. The van der Waals surface area contributed by atoms with Crippen molar-refractivity contribution >= 4 is 17.7 Å². The van der Waals surface area contributed by atoms with Crippen LogP contribution in [0.2, 0.25) is 0 Å². The maximum Gasteiger partial charge on any atom is 0.306 e. The van der Waals surface area contributed by atoms with Crippen molar-refractivity contribution in [2.45, 2.75) is 66.0 Å². The molecule has 0 unspecified atom stereocenters. The van der Waals surface area contributed by atoms with Gasteiger partial charge in [-0.25, -0.2) is 0 Å². The average molecular weight is 465 g/mol. The molecular formula is C27H36N4O3. The van der Waals surface area contributed by atoms with Gasteiger partial charge in [0.2, 0.25) is 0 Å². The highest BCUT2D eigenvalue weighted by Crippen LogP contribution is 2.25. The molecule has 3 rings (SSSR count). The van der Waals surface area contributed by atoms with Gasteiger partial charge in [-0.3, -0.25) is 14.3 Å². The summed E-state index contributed by atoms with van der Waals surface area (Å²) in [6, 6.07) is 5.71. The number of allylic oxidation sites excluding steroid dienone is 3. The third-order valence-electron chi connectivity index (χ3n) is 5.58. The minimum Gasteiger partial charge on any atom is -0.460 e. The second-order valence-electron chi connectivity index (χ2n) is 9.68. The lowest BCUT2D eigenvalue weighted by Gasteiger charge is -2.22. The summed E-state index contributed by atoms with van der Waals surface area (Å²) in [4.78, 5) is 27.4. The fraction of sp³-hybridized carbons (Fsp3) is 0.444. The molecule has 0 spiro atoms. The molecule has 7 heteroatoms. The number of hydrogen-bond acceptors (Lipinski definition) is 5. The summed E-state index contributed by atoms with van der Waals surface area (Å²) in [7, 11) is 1.89. The van der Waals surface area contributed by atoms with E-state index in [1.54, 1.807) is 10.9 Å². The van der Waals surface area contributed by atoms with Crippen LogP contribution in [0.5, 0.6) is 0 Å². The summed E-state index contributed by atoms with van der Waals surface area (Å²) in [6.45, 7) is 10.6. The van der Waals surface area contributed by atoms with Crippen LogP contribution in [-0.2, 0) is 29.5 Å². The number of carbonyl (C=O) groups excluding carboxylic acids is 2. The summed E-state index contributed by atoms with van der Waals surface area (Å²) in [5.41, 5.74) is 4.09. The highest BCUT2D eigenvalue weighted by atomic mass is 16.6. The Kier molecular flexibility index (Phi) is 7.97. The number of nitrogens with one attached hydrogen (secondary N) is 1. The Bertz CT molecular complexity index is 1110. The Hall–Kier alpha value is -3.35. The summed E-state index contributed by atoms with van der Waals surface area (Å²) in [5.74, 6) is 0.651. The number of fused-ring (bicyclic) bond motifs is 1. The van der Waals surface area contributed by atoms with Crippen LogP contribution in [0.3, 0.4) is 0 Å². The van der Waals surface area contributed by atoms with Gasteiger partial charge < -0.3 is 15.0 Å². The van der Waals surface area contributed by atoms with Gasteiger partial charge in [-0.2, -0.15) is 5.10 Å². The molecular weight excluding hydrogens is 428 g/mol. The maximum absolute atomic E-state index is 13.5. The van der Waals surface area contributed by atoms with Crippen molar-refractivity contribution in [1.29, 1.82) is 0 Å². The minimum absolute atomic E-state index is 0.0364. The lowest BCUT2D eigenvalue weighted by molar-refractivity contribution is -0.154. The van der Waals surface area contributed by atoms with Gasteiger partial charge in [-0.15, -0.1) is 0 Å². The lowest BCUT2D eigenvalue weighted by Crippen LogP contribution is -2.32. The molecule has 1 aliphatic rings. The van der Waals surface area contributed by atoms with Crippen molar-refractivity contribution in [2.75, 3.05) is 11.9 Å². The quantitative estimate of drug-likeness (QED) is 0.614. The van der Waals surface area contributed by atoms with E-state index in [1.807, 2.05) is 70.0 Å². The van der Waals surface area contributed by atoms with E-state index in [1.165, 1.54) is 0 Å². The number of anilines is 1. The number of carbonyl (C=O) groups is 2. The normalized spacial score (nSPS) is 15.2. The highest BCUT2D eigenvalue weighted by molar-refractivity contribution is 5.95. The second kappa shape index (κ2) is 10.7. The van der Waals surface area contributed by atoms with Crippen LogP contribution >= 0.6 is 0 Å². The first-order valence-electron chi connectivity index (χ1n) is 11.8. The Morgan fingerprint density at radius 3 is 2.68 bits per heavy atom. The third kappa shape index (κ3) is 6.59. The van der Waals surface area contributed by atoms with E-state index in [0.29, 0.717) is 31.5 Å². The SMILES string of the molecule is CC/C=C\C=C1/CN(C(=O)c2ccc(CCC(=O)OC(C)(C)C)c(C)c2)Cc2cnn(C)c2N1. The standard InChI is InChI=1S/C27H36N4O3/c1-7-8-9-10-23-18-31(17-22-16-28-30(6)25(22)29-23)26(33)21-12-11-20(19(2)15-21)13-14-24(32)34-27(3,4)5/h8-12,15-16,29H,7,13-14,17-18H2,1-6H3/b9-8-,23-10+. The lowest BCUT2D eigenvalue weighted by atomic mass is 10.0. The Morgan fingerprint density at radius 1 is 1.24 bits per heavy atom. The van der Waals surface area contributed by atoms with Crippen LogP contribution in [0.25, 0.3) is 0 Å². The second-order valence-corrected chi connectivity index (χ2v) is 9.68. The van der Waals surface area contributed by atoms with Gasteiger partial charge in [0, 0.05) is 30.3 Å². The van der Waals surface area contributed by atoms with Crippen molar-refractivity contribution < 1.29 is 14.3 Å². The van der Waals surface area contributed by atoms with E-state index in [-0.39, 0.29) is 11.9 Å². The predicted molar refractivity (Wildman–Crippen MR) is 134 cm³/mol. The van der Waals surface area contributed by atoms with E-state index >= 15 is 0 Å². The molecule has 1 aromatic carbocycles. The van der Waals surface area contributed by atoms with Crippen molar-refractivity contribution in [2.24, 2.45) is 7.05 Å². The average Bonchev–Trinajstić information content (AvgIpc) is 2.99. The molecule has 0 saturated heterocycles. The molecule has 0 atom stereocenters. The molecule has 7 nitrogen and oxygen atoms in total. The number of rotatable bonds is 6. The first-order chi connectivity index (χ1) is 16.1. The van der Waals surface area contributed by atoms with Gasteiger partial charge >= 0.3 is 5.97 Å². The molecule has 1 N–H and O–H groups in total. The molecule has 1 amide bonds. The van der Waals surface area contributed by atoms with E-state index in [9.17, 15) is 9.59 Å². The minimum atomic E-state index is -0.488. The predicted octanol–water partition coefficient (Wildman–Crippen LogP) is 4.92. The van der Waals surface area contributed by atoms with Crippen LogP contribution < -0.4 is 5.32 Å². The molecule has 182 valence electrons. The molecule has 0 fully saturated rings. The number of amides is 1. The summed E-state index contributed by atoms with van der Waals surface area (Å²) in [6.07, 6.45) is 9.74. The number of nitrogens with zero attached hydrogens (tertiary/aromatic N) is 3. The van der Waals surface area contributed by atoms with E-state index in [0.717, 1.165) is 34.6 Å². The molecule has 0 aliphatic carbocycles. The van der Waals surface area contributed by atoms with Gasteiger partial charge in [0.1, 0.15) is 11.4 Å². The van der Waals surface area contributed by atoms with Crippen molar-refractivity contribution in [3.63, 3.8) is 0 Å². The molecule has 2 aromatic rings. The molecule has 0 saturated carbocycles. The van der Waals surface area contributed by atoms with Gasteiger partial charge in [0.15, 0.2) is 0 Å². The van der Waals surface area contributed by atoms with E-state index in [4.69, 9.17) is 4.74 Å². The number of benzene rings is 1. The molecule has 1 aliphatic heterocycles. The van der Waals surface area contributed by atoms with Gasteiger partial charge in [-0.1, -0.05) is 25.1 Å². The van der Waals surface area contributed by atoms with E-state index in [2.05, 4.69) is 23.4 Å². The van der Waals surface area contributed by atoms with Crippen LogP contribution in [0.15, 0.2) is 48.3 Å². The summed E-state index contributed by atoms with van der Waals surface area (Å²) >= 11 is 0. The Morgan fingerprint density at radius 2 is 2.00 bits per heavy atom. The van der Waals surface area contributed by atoms with Crippen molar-refractivity contribution in [3.05, 3.63) is 70.6 Å². The van der Waals surface area contributed by atoms with E-state index < -0.39 is 5.60 Å². The molecule has 1 aromatic heterocycles. The fourth-order valence-corrected chi connectivity index (χ4v) is 3.90. The van der Waals surface area contributed by atoms with Gasteiger partial charge in [-0.05, 0) is 69.9 Å². The van der Waals surface area contributed by atoms with Crippen molar-refractivity contribution in [1.82, 2.24) is 14.7 Å². The topological polar surface area (TPSA) is 76.5 Å². The van der Waals surface area contributed by atoms with Crippen molar-refractivity contribution in [3.8, 4) is 0 Å². The fourth-order valence-electron chi connectivity index (χ4n) is 3.90. The number of aryl methyl sites for hydroxylation is 3. The molecule has 0 radical (unpaired) electrons. The van der Waals surface area contributed by atoms with Crippen LogP contribution in [0, 0.1) is 6.92 Å². The first kappa shape index (κ1) is 25.3. The largest absolute Gasteiger partial charge is 0.460 e. The Labute approximate surface area is 202 Å². The molecule has 0 bridgehead atoms. The Balaban J connectivity index is 1.77. The molecule has 34 heavy (non-hydrogen) atoms. The smallest absolute Gasteiger partial charge is 0.306 e. The highest BCUT2D eigenvalue weighted by Gasteiger charge is 2.25. The van der Waals surface area contributed by atoms with Crippen LogP contribution in [0.1, 0.15) is 67.6 Å². The number of aromatic nitrogens is 2. The van der Waals surface area contributed by atoms with Gasteiger partial charge in [0.05, 0.1) is 19.3 Å². The number of hydrogen-bond donors (Lipinski definition) is 1. The summed E-state index contributed by atoms with van der Waals surface area (Å²) in [5, 5.41) is 7.79. The summed E-state index contributed by atoms with van der Waals surface area (Å²) < 4.78 is 7.20. The number of esters is 1. The monoisotopic (exact) mass is 464 g/mol. The zero-order valence-electron chi connectivity index (χ0n) is 21.1. The number of ether oxygens (including phenoxy) is 1.